The normalized spacial score (nSPS) is 30.5. The van der Waals surface area contributed by atoms with Gasteiger partial charge in [-0.3, -0.25) is 0 Å². The molecule has 1 rings (SSSR count). The summed E-state index contributed by atoms with van der Waals surface area (Å²) >= 11 is 0. The van der Waals surface area contributed by atoms with Crippen LogP contribution in [0.3, 0.4) is 0 Å². The first-order valence-electron chi connectivity index (χ1n) is 5.50. The molecular weight excluding hydrogens is 148 g/mol. The number of ether oxygens (including phenoxy) is 1. The second-order valence-corrected chi connectivity index (χ2v) is 3.83. The van der Waals surface area contributed by atoms with Crippen LogP contribution in [0.2, 0.25) is 0 Å². The van der Waals surface area contributed by atoms with Gasteiger partial charge in [0, 0.05) is 6.61 Å². The lowest BCUT2D eigenvalue weighted by atomic mass is 9.83. The average molecular weight is 170 g/mol. The lowest BCUT2D eigenvalue weighted by Gasteiger charge is -2.31. The highest BCUT2D eigenvalue weighted by molar-refractivity contribution is 4.75. The van der Waals surface area contributed by atoms with E-state index in [9.17, 15) is 0 Å². The summed E-state index contributed by atoms with van der Waals surface area (Å²) in [4.78, 5) is 0. The Morgan fingerprint density at radius 3 is 2.58 bits per heavy atom. The minimum Gasteiger partial charge on any atom is -0.378 e. The van der Waals surface area contributed by atoms with Crippen molar-refractivity contribution in [1.82, 2.24) is 0 Å². The lowest BCUT2D eigenvalue weighted by Crippen LogP contribution is -2.27. The van der Waals surface area contributed by atoms with Crippen LogP contribution in [0, 0.1) is 5.92 Å². The zero-order chi connectivity index (χ0) is 8.81. The second kappa shape index (κ2) is 5.58. The molecule has 1 heteroatoms. The van der Waals surface area contributed by atoms with Gasteiger partial charge in [0.05, 0.1) is 6.10 Å². The molecule has 0 saturated heterocycles. The molecule has 1 nitrogen and oxygen atoms in total. The van der Waals surface area contributed by atoms with Crippen LogP contribution in [0.1, 0.15) is 52.4 Å². The summed E-state index contributed by atoms with van der Waals surface area (Å²) in [5.74, 6) is 0.865. The van der Waals surface area contributed by atoms with E-state index in [1.54, 1.807) is 0 Å². The summed E-state index contributed by atoms with van der Waals surface area (Å²) in [6.45, 7) is 5.28. The van der Waals surface area contributed by atoms with E-state index in [4.69, 9.17) is 4.74 Å². The molecule has 2 atom stereocenters. The van der Waals surface area contributed by atoms with Crippen molar-refractivity contribution in [3.05, 3.63) is 0 Å². The Morgan fingerprint density at radius 2 is 1.92 bits per heavy atom. The Hall–Kier alpha value is -0.0400. The van der Waals surface area contributed by atoms with E-state index >= 15 is 0 Å². The van der Waals surface area contributed by atoms with Crippen molar-refractivity contribution >= 4 is 0 Å². The van der Waals surface area contributed by atoms with Gasteiger partial charge in [-0.1, -0.05) is 26.2 Å². The van der Waals surface area contributed by atoms with Crippen molar-refractivity contribution < 1.29 is 4.74 Å². The summed E-state index contributed by atoms with van der Waals surface area (Å²) in [6, 6.07) is 0. The monoisotopic (exact) mass is 170 g/mol. The maximum absolute atomic E-state index is 5.75. The van der Waals surface area contributed by atoms with Gasteiger partial charge in [-0.2, -0.15) is 0 Å². The number of hydrogen-bond donors (Lipinski definition) is 0. The third-order valence-corrected chi connectivity index (χ3v) is 2.88. The van der Waals surface area contributed by atoms with Crippen molar-refractivity contribution in [2.75, 3.05) is 6.61 Å². The largest absolute Gasteiger partial charge is 0.378 e. The molecule has 1 aliphatic carbocycles. The van der Waals surface area contributed by atoms with Gasteiger partial charge in [0.2, 0.25) is 0 Å². The SMILES string of the molecule is CCC[C@@H]1CCCC[C@@H]1OCC. The second-order valence-electron chi connectivity index (χ2n) is 3.83. The van der Waals surface area contributed by atoms with E-state index < -0.39 is 0 Å². The van der Waals surface area contributed by atoms with E-state index in [2.05, 4.69) is 13.8 Å². The van der Waals surface area contributed by atoms with Gasteiger partial charge >= 0.3 is 0 Å². The summed E-state index contributed by atoms with van der Waals surface area (Å²) in [5, 5.41) is 0. The van der Waals surface area contributed by atoms with E-state index in [0.29, 0.717) is 6.10 Å². The zero-order valence-corrected chi connectivity index (χ0v) is 8.51. The minimum atomic E-state index is 0.587. The minimum absolute atomic E-state index is 0.587. The standard InChI is InChI=1S/C11H22O/c1-3-7-10-8-5-6-9-11(10)12-4-2/h10-11H,3-9H2,1-2H3/t10-,11+/m1/s1. The zero-order valence-electron chi connectivity index (χ0n) is 8.51. The topological polar surface area (TPSA) is 9.23 Å². The highest BCUT2D eigenvalue weighted by Gasteiger charge is 2.24. The molecule has 1 fully saturated rings. The Labute approximate surface area is 76.5 Å². The molecule has 72 valence electrons. The fourth-order valence-corrected chi connectivity index (χ4v) is 2.31. The molecule has 0 N–H and O–H groups in total. The average Bonchev–Trinajstić information content (AvgIpc) is 2.09. The molecule has 12 heavy (non-hydrogen) atoms. The molecule has 0 aliphatic heterocycles. The van der Waals surface area contributed by atoms with Crippen molar-refractivity contribution in [3.63, 3.8) is 0 Å². The molecular formula is C11H22O. The van der Waals surface area contributed by atoms with Gasteiger partial charge in [0.25, 0.3) is 0 Å². The smallest absolute Gasteiger partial charge is 0.0603 e. The molecule has 0 heterocycles. The molecule has 0 aromatic heterocycles. The first-order valence-corrected chi connectivity index (χ1v) is 5.50. The van der Waals surface area contributed by atoms with Crippen LogP contribution < -0.4 is 0 Å². The van der Waals surface area contributed by atoms with Crippen molar-refractivity contribution in [1.29, 1.82) is 0 Å². The van der Waals surface area contributed by atoms with Crippen LogP contribution in [0.4, 0.5) is 0 Å². The third kappa shape index (κ3) is 2.78. The highest BCUT2D eigenvalue weighted by Crippen LogP contribution is 2.29. The van der Waals surface area contributed by atoms with Crippen LogP contribution in [-0.2, 0) is 4.74 Å². The number of rotatable bonds is 4. The molecule has 0 aromatic carbocycles. The summed E-state index contributed by atoms with van der Waals surface area (Å²) in [6.07, 6.45) is 8.78. The summed E-state index contributed by atoms with van der Waals surface area (Å²) < 4.78 is 5.75. The Balaban J connectivity index is 2.31. The van der Waals surface area contributed by atoms with Crippen molar-refractivity contribution in [2.24, 2.45) is 5.92 Å². The van der Waals surface area contributed by atoms with Crippen LogP contribution in [0.15, 0.2) is 0 Å². The van der Waals surface area contributed by atoms with Gasteiger partial charge in [-0.25, -0.2) is 0 Å². The van der Waals surface area contributed by atoms with Crippen LogP contribution in [0.25, 0.3) is 0 Å². The molecule has 0 spiro atoms. The fraction of sp³-hybridized carbons (Fsp3) is 1.00. The Morgan fingerprint density at radius 1 is 1.17 bits per heavy atom. The molecule has 0 unspecified atom stereocenters. The maximum atomic E-state index is 5.75. The van der Waals surface area contributed by atoms with Gasteiger partial charge < -0.3 is 4.74 Å². The maximum Gasteiger partial charge on any atom is 0.0603 e. The van der Waals surface area contributed by atoms with Gasteiger partial charge in [-0.15, -0.1) is 0 Å². The molecule has 1 aliphatic rings. The Kier molecular flexibility index (Phi) is 4.67. The van der Waals surface area contributed by atoms with E-state index in [0.717, 1.165) is 12.5 Å². The number of hydrogen-bond acceptors (Lipinski definition) is 1. The van der Waals surface area contributed by atoms with Crippen LogP contribution in [-0.4, -0.2) is 12.7 Å². The molecule has 0 radical (unpaired) electrons. The predicted octanol–water partition coefficient (Wildman–Crippen LogP) is 3.38. The molecule has 0 amide bonds. The van der Waals surface area contributed by atoms with E-state index in [1.165, 1.54) is 38.5 Å². The van der Waals surface area contributed by atoms with Crippen molar-refractivity contribution in [2.45, 2.75) is 58.5 Å². The summed E-state index contributed by atoms with van der Waals surface area (Å²) in [5.41, 5.74) is 0. The highest BCUT2D eigenvalue weighted by atomic mass is 16.5. The first kappa shape index (κ1) is 10.0. The van der Waals surface area contributed by atoms with Crippen molar-refractivity contribution in [3.8, 4) is 0 Å². The molecule has 1 saturated carbocycles. The molecule has 0 bridgehead atoms. The van der Waals surface area contributed by atoms with E-state index in [-0.39, 0.29) is 0 Å². The quantitative estimate of drug-likeness (QED) is 0.628. The predicted molar refractivity (Wildman–Crippen MR) is 52.3 cm³/mol. The lowest BCUT2D eigenvalue weighted by molar-refractivity contribution is -0.00709. The van der Waals surface area contributed by atoms with Gasteiger partial charge in [0.15, 0.2) is 0 Å². The van der Waals surface area contributed by atoms with Gasteiger partial charge in [0.1, 0.15) is 0 Å². The van der Waals surface area contributed by atoms with E-state index in [1.807, 2.05) is 0 Å². The van der Waals surface area contributed by atoms with Gasteiger partial charge in [-0.05, 0) is 32.1 Å². The Bertz CT molecular complexity index is 93.6. The van der Waals surface area contributed by atoms with Crippen LogP contribution in [0.5, 0.6) is 0 Å². The molecule has 0 aromatic rings. The fourth-order valence-electron chi connectivity index (χ4n) is 2.31. The summed E-state index contributed by atoms with van der Waals surface area (Å²) in [7, 11) is 0. The van der Waals surface area contributed by atoms with Crippen LogP contribution >= 0.6 is 0 Å². The third-order valence-electron chi connectivity index (χ3n) is 2.88. The first-order chi connectivity index (χ1) is 5.88.